The molecule has 1 atom stereocenters. The average Bonchev–Trinajstić information content (AvgIpc) is 3.45. The first-order valence-corrected chi connectivity index (χ1v) is 11.2. The molecule has 1 unspecified atom stereocenters. The molecule has 4 nitrogen and oxygen atoms in total. The van der Waals surface area contributed by atoms with E-state index in [9.17, 15) is 9.59 Å². The summed E-state index contributed by atoms with van der Waals surface area (Å²) in [5.74, 6) is 0.439. The van der Waals surface area contributed by atoms with Gasteiger partial charge in [-0.2, -0.15) is 11.3 Å². The Balaban J connectivity index is 1.43. The maximum atomic E-state index is 12.7. The molecule has 1 saturated carbocycles. The number of hydrogen-bond acceptors (Lipinski definition) is 3. The lowest BCUT2D eigenvalue weighted by Gasteiger charge is -2.26. The molecular formula is C23H28N2O2S. The van der Waals surface area contributed by atoms with E-state index >= 15 is 0 Å². The van der Waals surface area contributed by atoms with Gasteiger partial charge in [0.15, 0.2) is 0 Å². The molecule has 2 aliphatic rings. The Morgan fingerprint density at radius 2 is 1.86 bits per heavy atom. The standard InChI is InChI=1S/C23H28N2O2S/c24-22(27)23(10-11-25(16-23)21(26)13-17-3-1-2-4-17)14-18-5-7-19(8-6-18)20-9-12-28-15-20/h5-9,12,15,17H,1-4,10-11,13-14,16H2,(H2,24,27). The van der Waals surface area contributed by atoms with Crippen molar-refractivity contribution in [2.24, 2.45) is 17.1 Å². The highest BCUT2D eigenvalue weighted by molar-refractivity contribution is 7.08. The van der Waals surface area contributed by atoms with Crippen molar-refractivity contribution in [2.45, 2.75) is 44.9 Å². The first-order valence-electron chi connectivity index (χ1n) is 10.2. The number of carbonyl (C=O) groups excluding carboxylic acids is 2. The number of rotatable bonds is 6. The van der Waals surface area contributed by atoms with Crippen LogP contribution in [0, 0.1) is 11.3 Å². The highest BCUT2D eigenvalue weighted by Crippen LogP contribution is 2.36. The predicted octanol–water partition coefficient (Wildman–Crippen LogP) is 4.24. The van der Waals surface area contributed by atoms with Gasteiger partial charge in [-0.3, -0.25) is 9.59 Å². The van der Waals surface area contributed by atoms with E-state index in [0.29, 0.717) is 38.3 Å². The normalized spacial score (nSPS) is 22.6. The Hall–Kier alpha value is -2.14. The summed E-state index contributed by atoms with van der Waals surface area (Å²) in [7, 11) is 0. The van der Waals surface area contributed by atoms with Crippen molar-refractivity contribution in [3.63, 3.8) is 0 Å². The van der Waals surface area contributed by atoms with Crippen LogP contribution in [0.2, 0.25) is 0 Å². The summed E-state index contributed by atoms with van der Waals surface area (Å²) in [4.78, 5) is 27.0. The fraction of sp³-hybridized carbons (Fsp3) is 0.478. The second-order valence-corrected chi connectivity index (χ2v) is 9.23. The second kappa shape index (κ2) is 8.08. The maximum Gasteiger partial charge on any atom is 0.225 e. The average molecular weight is 397 g/mol. The molecule has 2 N–H and O–H groups in total. The van der Waals surface area contributed by atoms with Gasteiger partial charge in [0, 0.05) is 19.5 Å². The molecule has 2 amide bonds. The molecule has 1 saturated heterocycles. The number of hydrogen-bond donors (Lipinski definition) is 1. The fourth-order valence-corrected chi connectivity index (χ4v) is 5.41. The fourth-order valence-electron chi connectivity index (χ4n) is 4.74. The van der Waals surface area contributed by atoms with E-state index in [0.717, 1.165) is 18.4 Å². The second-order valence-electron chi connectivity index (χ2n) is 8.45. The van der Waals surface area contributed by atoms with E-state index in [1.54, 1.807) is 11.3 Å². The summed E-state index contributed by atoms with van der Waals surface area (Å²) in [6.45, 7) is 1.10. The van der Waals surface area contributed by atoms with E-state index in [1.165, 1.54) is 24.0 Å². The van der Waals surface area contributed by atoms with Gasteiger partial charge < -0.3 is 10.6 Å². The third-order valence-corrected chi connectivity index (χ3v) is 7.20. The summed E-state index contributed by atoms with van der Waals surface area (Å²) in [5, 5.41) is 4.20. The first-order chi connectivity index (χ1) is 13.6. The Morgan fingerprint density at radius 3 is 2.50 bits per heavy atom. The third-order valence-electron chi connectivity index (χ3n) is 6.52. The van der Waals surface area contributed by atoms with Crippen molar-refractivity contribution in [3.05, 3.63) is 46.7 Å². The number of carbonyl (C=O) groups is 2. The van der Waals surface area contributed by atoms with Gasteiger partial charge >= 0.3 is 0 Å². The molecule has 2 aromatic rings. The minimum atomic E-state index is -0.644. The van der Waals surface area contributed by atoms with Crippen molar-refractivity contribution in [1.29, 1.82) is 0 Å². The molecule has 0 bridgehead atoms. The first kappa shape index (κ1) is 19.2. The van der Waals surface area contributed by atoms with E-state index < -0.39 is 5.41 Å². The Labute approximate surface area is 170 Å². The summed E-state index contributed by atoms with van der Waals surface area (Å²) in [6, 6.07) is 10.5. The number of amides is 2. The van der Waals surface area contributed by atoms with Gasteiger partial charge in [-0.25, -0.2) is 0 Å². The highest BCUT2D eigenvalue weighted by Gasteiger charge is 2.44. The zero-order valence-corrected chi connectivity index (χ0v) is 17.0. The molecule has 5 heteroatoms. The van der Waals surface area contributed by atoms with Crippen LogP contribution in [0.5, 0.6) is 0 Å². The van der Waals surface area contributed by atoms with Crippen LogP contribution >= 0.6 is 11.3 Å². The molecule has 1 aliphatic carbocycles. The molecule has 148 valence electrons. The van der Waals surface area contributed by atoms with Crippen LogP contribution in [0.15, 0.2) is 41.1 Å². The summed E-state index contributed by atoms with van der Waals surface area (Å²) < 4.78 is 0. The lowest BCUT2D eigenvalue weighted by atomic mass is 9.80. The molecule has 2 heterocycles. The van der Waals surface area contributed by atoms with Crippen molar-refractivity contribution in [3.8, 4) is 11.1 Å². The Kier molecular flexibility index (Phi) is 5.54. The van der Waals surface area contributed by atoms with Gasteiger partial charge in [-0.05, 0) is 65.1 Å². The zero-order chi connectivity index (χ0) is 19.6. The maximum absolute atomic E-state index is 12.7. The zero-order valence-electron chi connectivity index (χ0n) is 16.2. The van der Waals surface area contributed by atoms with E-state index in [4.69, 9.17) is 5.73 Å². The Morgan fingerprint density at radius 1 is 1.11 bits per heavy atom. The molecule has 2 fully saturated rings. The van der Waals surface area contributed by atoms with Crippen molar-refractivity contribution in [2.75, 3.05) is 13.1 Å². The lowest BCUT2D eigenvalue weighted by Crippen LogP contribution is -2.42. The van der Waals surface area contributed by atoms with Crippen LogP contribution in [-0.2, 0) is 16.0 Å². The van der Waals surface area contributed by atoms with E-state index in [-0.39, 0.29) is 11.8 Å². The van der Waals surface area contributed by atoms with Crippen molar-refractivity contribution >= 4 is 23.2 Å². The minimum Gasteiger partial charge on any atom is -0.369 e. The minimum absolute atomic E-state index is 0.197. The molecule has 1 aromatic heterocycles. The van der Waals surface area contributed by atoms with Crippen LogP contribution in [0.25, 0.3) is 11.1 Å². The molecule has 28 heavy (non-hydrogen) atoms. The van der Waals surface area contributed by atoms with Crippen LogP contribution in [0.1, 0.15) is 44.1 Å². The number of likely N-dealkylation sites (tertiary alicyclic amines) is 1. The van der Waals surface area contributed by atoms with Gasteiger partial charge in [0.25, 0.3) is 0 Å². The number of nitrogens with zero attached hydrogens (tertiary/aromatic N) is 1. The van der Waals surface area contributed by atoms with Crippen LogP contribution in [0.4, 0.5) is 0 Å². The number of nitrogens with two attached hydrogens (primary N) is 1. The van der Waals surface area contributed by atoms with Gasteiger partial charge in [-0.15, -0.1) is 0 Å². The van der Waals surface area contributed by atoms with Gasteiger partial charge in [0.1, 0.15) is 0 Å². The molecule has 4 rings (SSSR count). The van der Waals surface area contributed by atoms with E-state index in [1.807, 2.05) is 4.90 Å². The number of benzene rings is 1. The monoisotopic (exact) mass is 396 g/mol. The van der Waals surface area contributed by atoms with E-state index in [2.05, 4.69) is 41.1 Å². The van der Waals surface area contributed by atoms with Crippen LogP contribution in [0.3, 0.4) is 0 Å². The Bertz CT molecular complexity index is 825. The molecule has 1 aliphatic heterocycles. The molecule has 1 aromatic carbocycles. The number of primary amides is 1. The smallest absolute Gasteiger partial charge is 0.225 e. The van der Waals surface area contributed by atoms with Crippen molar-refractivity contribution in [1.82, 2.24) is 4.90 Å². The van der Waals surface area contributed by atoms with Gasteiger partial charge in [0.05, 0.1) is 5.41 Å². The SMILES string of the molecule is NC(=O)C1(Cc2ccc(-c3ccsc3)cc2)CCN(C(=O)CC2CCCC2)C1. The van der Waals surface area contributed by atoms with Crippen LogP contribution < -0.4 is 5.73 Å². The predicted molar refractivity (Wildman–Crippen MR) is 113 cm³/mol. The quantitative estimate of drug-likeness (QED) is 0.794. The van der Waals surface area contributed by atoms with Gasteiger partial charge in [-0.1, -0.05) is 37.1 Å². The lowest BCUT2D eigenvalue weighted by molar-refractivity contribution is -0.132. The molecular weight excluding hydrogens is 368 g/mol. The third kappa shape index (κ3) is 4.00. The molecule has 0 radical (unpaired) electrons. The summed E-state index contributed by atoms with van der Waals surface area (Å²) >= 11 is 1.68. The highest BCUT2D eigenvalue weighted by atomic mass is 32.1. The topological polar surface area (TPSA) is 63.4 Å². The van der Waals surface area contributed by atoms with Crippen LogP contribution in [-0.4, -0.2) is 29.8 Å². The summed E-state index contributed by atoms with van der Waals surface area (Å²) in [6.07, 6.45) is 6.69. The number of thiophene rings is 1. The summed E-state index contributed by atoms with van der Waals surface area (Å²) in [5.41, 5.74) is 8.69. The molecule has 0 spiro atoms. The largest absolute Gasteiger partial charge is 0.369 e. The van der Waals surface area contributed by atoms with Crippen molar-refractivity contribution < 1.29 is 9.59 Å². The van der Waals surface area contributed by atoms with Gasteiger partial charge in [0.2, 0.25) is 11.8 Å².